The molecule has 3 saturated heterocycles. The first-order valence-electron chi connectivity index (χ1n) is 29.6. The van der Waals surface area contributed by atoms with Crippen LogP contribution in [0.4, 0.5) is 0 Å². The van der Waals surface area contributed by atoms with Gasteiger partial charge in [-0.05, 0) is 86.0 Å². The average molecular weight is 1370 g/mol. The Morgan fingerprint density at radius 3 is 1.97 bits per heavy atom. The fraction of sp³-hybridized carbons (Fsp3) is 0.433. The number of aromatic hydroxyl groups is 1. The van der Waals surface area contributed by atoms with Gasteiger partial charge in [-0.3, -0.25) is 43.4 Å². The first-order valence-corrected chi connectivity index (χ1v) is 31.0. The average Bonchev–Trinajstić information content (AvgIpc) is 1.71. The van der Waals surface area contributed by atoms with E-state index < -0.39 is 183 Å². The third-order valence-electron chi connectivity index (χ3n) is 15.7. The molecule has 4 heterocycles. The van der Waals surface area contributed by atoms with Crippen LogP contribution in [0, 0.1) is 5.92 Å². The van der Waals surface area contributed by atoms with Crippen LogP contribution in [0.25, 0.3) is 21.1 Å². The molecule has 0 spiro atoms. The summed E-state index contributed by atoms with van der Waals surface area (Å²) in [4.78, 5) is 115. The number of aliphatic hydroxyl groups excluding tert-OH is 7. The van der Waals surface area contributed by atoms with Gasteiger partial charge in [0.05, 0.1) is 50.2 Å². The van der Waals surface area contributed by atoms with Gasteiger partial charge in [-0.15, -0.1) is 14.5 Å². The minimum Gasteiger partial charge on any atom is -0.691 e. The van der Waals surface area contributed by atoms with Crippen LogP contribution in [0.1, 0.15) is 68.0 Å². The Morgan fingerprint density at radius 1 is 0.747 bits per heavy atom. The molecule has 0 radical (unpaired) electrons. The van der Waals surface area contributed by atoms with Crippen molar-refractivity contribution in [1.82, 2.24) is 46.6 Å². The summed E-state index contributed by atoms with van der Waals surface area (Å²) in [7, 11) is 0. The molecule has 0 bridgehead atoms. The zero-order valence-corrected chi connectivity index (χ0v) is 55.0. The fourth-order valence-electron chi connectivity index (χ4n) is 10.7. The van der Waals surface area contributed by atoms with E-state index in [-0.39, 0.29) is 53.0 Å². The molecule has 4 aromatic carbocycles. The summed E-state index contributed by atoms with van der Waals surface area (Å²) in [5, 5.41) is 125. The van der Waals surface area contributed by atoms with Crippen LogP contribution in [-0.2, 0) is 42.9 Å². The molecule has 0 saturated carbocycles. The van der Waals surface area contributed by atoms with Gasteiger partial charge in [0.25, 0.3) is 18.2 Å². The smallest absolute Gasteiger partial charge is 0.691 e. The summed E-state index contributed by atoms with van der Waals surface area (Å²) < 4.78 is 20.7. The minimum absolute atomic E-state index is 0. The number of phenols is 1. The summed E-state index contributed by atoms with van der Waals surface area (Å²) >= 11 is 1.18. The molecule has 14 unspecified atom stereocenters. The number of hydrogen-bond acceptors (Lipinski definition) is 26. The van der Waals surface area contributed by atoms with E-state index >= 15 is 0 Å². The molecule has 3 fully saturated rings. The molecule has 1 aromatic heterocycles. The summed E-state index contributed by atoms with van der Waals surface area (Å²) in [6.45, 7) is 1.70. The second-order valence-corrected chi connectivity index (χ2v) is 24.0. The van der Waals surface area contributed by atoms with E-state index in [1.807, 2.05) is 54.6 Å². The van der Waals surface area contributed by atoms with Crippen LogP contribution in [-0.4, -0.2) is 214 Å². The number of nitrogens with zero attached hydrogens (tertiary/aromatic N) is 4. The Morgan fingerprint density at radius 2 is 1.35 bits per heavy atom. The quantitative estimate of drug-likeness (QED) is 0.0101. The Bertz CT molecular complexity index is 3460. The number of carbonyl (C=O) groups excluding carboxylic acids is 8. The van der Waals surface area contributed by atoms with E-state index in [9.17, 15) is 84.5 Å². The molecule has 506 valence electrons. The van der Waals surface area contributed by atoms with E-state index in [2.05, 4.69) is 46.2 Å². The number of β-amino-alcohol motifs (C(OH)–C–C–N with tert-alkyl or cyclic N) is 1. The van der Waals surface area contributed by atoms with Crippen molar-refractivity contribution in [2.75, 3.05) is 32.8 Å². The number of aliphatic hydroxyl groups is 7. The number of amides is 8. The zero-order valence-electron chi connectivity index (χ0n) is 51.4. The SMILES string of the molecule is CC(O)C1NC(=O)C(NC(=O)c2ccc(-c3nnc(-c4ccc(OCCCCOc5ccccc5)cc4)s3)cc2)CC(O)CNC(=O)C2C(O)C(C)CN2C(=O)C(C(O)CC(N)=O)NC(=O)C(C(O)C(O)c2ccc(O)c(OSOO[O-])c2)NC(=O)C2CC(O)CN2C1=O.[Na+]. The van der Waals surface area contributed by atoms with Crippen molar-refractivity contribution in [1.29, 1.82) is 0 Å². The minimum atomic E-state index is -2.54. The molecule has 3 aliphatic heterocycles. The van der Waals surface area contributed by atoms with Gasteiger partial charge >= 0.3 is 29.6 Å². The monoisotopic (exact) mass is 1370 g/mol. The van der Waals surface area contributed by atoms with Crippen molar-refractivity contribution in [2.45, 2.75) is 125 Å². The number of primary amides is 1. The van der Waals surface area contributed by atoms with E-state index in [0.29, 0.717) is 34.5 Å². The van der Waals surface area contributed by atoms with Crippen molar-refractivity contribution in [3.8, 4) is 44.1 Å². The Hall–Kier alpha value is -7.65. The predicted octanol–water partition coefficient (Wildman–Crippen LogP) is -5.70. The summed E-state index contributed by atoms with van der Waals surface area (Å²) in [6.07, 6.45) is -14.7. The van der Waals surface area contributed by atoms with Crippen molar-refractivity contribution in [3.63, 3.8) is 0 Å². The van der Waals surface area contributed by atoms with Gasteiger partial charge in [-0.2, -0.15) is 0 Å². The largest absolute Gasteiger partial charge is 1.00 e. The second-order valence-electron chi connectivity index (χ2n) is 22.6. The maximum Gasteiger partial charge on any atom is 1.00 e. The Balaban J connectivity index is 0.0000128. The van der Waals surface area contributed by atoms with Crippen LogP contribution in [0.15, 0.2) is 97.1 Å². The van der Waals surface area contributed by atoms with Gasteiger partial charge in [0, 0.05) is 55.1 Å². The van der Waals surface area contributed by atoms with E-state index in [4.69, 9.17) is 19.4 Å². The topological polar surface area (TPSA) is 486 Å². The van der Waals surface area contributed by atoms with Gasteiger partial charge in [0.15, 0.2) is 11.5 Å². The van der Waals surface area contributed by atoms with Gasteiger partial charge in [0.2, 0.25) is 41.4 Å². The zero-order chi connectivity index (χ0) is 67.9. The number of rotatable bonds is 22. The van der Waals surface area contributed by atoms with Gasteiger partial charge in [-0.25, -0.2) is 0 Å². The molecule has 3 aliphatic rings. The number of para-hydroxylation sites is 1. The molecule has 35 heteroatoms. The maximum atomic E-state index is 14.7. The van der Waals surface area contributed by atoms with Crippen LogP contribution >= 0.6 is 23.7 Å². The van der Waals surface area contributed by atoms with Crippen molar-refractivity contribution < 1.29 is 137 Å². The number of nitrogens with two attached hydrogens (primary N) is 1. The third kappa shape index (κ3) is 19.5. The normalized spacial score (nSPS) is 24.4. The van der Waals surface area contributed by atoms with Gasteiger partial charge < -0.3 is 102 Å². The molecule has 8 rings (SSSR count). The van der Waals surface area contributed by atoms with Crippen molar-refractivity contribution >= 4 is 70.9 Å². The van der Waals surface area contributed by atoms with E-state index in [1.54, 1.807) is 12.1 Å². The number of carbonyl (C=O) groups is 8. The Kier molecular flexibility index (Phi) is 27.4. The van der Waals surface area contributed by atoms with Crippen LogP contribution < -0.4 is 80.8 Å². The molecule has 95 heavy (non-hydrogen) atoms. The van der Waals surface area contributed by atoms with Gasteiger partial charge in [0.1, 0.15) is 70.0 Å². The Labute approximate surface area is 573 Å². The number of nitrogens with one attached hydrogen (secondary N) is 5. The first kappa shape index (κ1) is 74.7. The van der Waals surface area contributed by atoms with Crippen LogP contribution in [0.2, 0.25) is 0 Å². The fourth-order valence-corrected chi connectivity index (χ4v) is 11.8. The molecule has 0 aliphatic carbocycles. The molecular formula is C60H71N10NaO22S2. The van der Waals surface area contributed by atoms with Crippen LogP contribution in [0.5, 0.6) is 23.0 Å². The van der Waals surface area contributed by atoms with Crippen molar-refractivity contribution in [3.05, 3.63) is 108 Å². The van der Waals surface area contributed by atoms with Gasteiger partial charge in [-0.1, -0.05) is 54.7 Å². The molecule has 8 amide bonds. The van der Waals surface area contributed by atoms with Crippen LogP contribution in [0.3, 0.4) is 0 Å². The number of phenolic OH excluding ortho intramolecular Hbond substituents is 1. The summed E-state index contributed by atoms with van der Waals surface area (Å²) in [6, 6.07) is 13.3. The number of unbranched alkanes of at least 4 members (excludes halogenated alkanes) is 1. The van der Waals surface area contributed by atoms with Crippen molar-refractivity contribution in [2.24, 2.45) is 11.7 Å². The van der Waals surface area contributed by atoms with E-state index in [0.717, 1.165) is 59.1 Å². The molecule has 15 N–H and O–H groups in total. The maximum absolute atomic E-state index is 14.7. The molecule has 14 atom stereocenters. The third-order valence-corrected chi connectivity index (χ3v) is 17.1. The number of fused-ring (bicyclic) bond motifs is 2. The number of hydrogen-bond donors (Lipinski definition) is 14. The predicted molar refractivity (Wildman–Crippen MR) is 326 cm³/mol. The number of ether oxygens (including phenoxy) is 2. The number of benzene rings is 4. The summed E-state index contributed by atoms with van der Waals surface area (Å²) in [5.41, 5.74) is 6.31. The summed E-state index contributed by atoms with van der Waals surface area (Å²) in [5.74, 6) is -10.6. The molecular weight excluding hydrogens is 1300 g/mol. The molecule has 5 aromatic rings. The van der Waals surface area contributed by atoms with E-state index in [1.165, 1.54) is 30.4 Å². The standard InChI is InChI=1S/C60H72N10O22S2.Na/c1-29-27-70-48(49(29)77)56(84)62-26-35(72)23-39(63-52(80)31-10-12-32(13-11-31)57-67-68-58(93-57)33-14-17-38(18-15-33)89-21-7-6-20-88-37-8-4-3-5-9-37)53(81)64-45(30(2)71)59(85)69-28-36(73)24-40(69)54(82)66-47(55(83)65-46(60(70)86)42(75)25-44(61)76)51(79)50(78)34-16-19-41(74)43(22-34)90-94-92-91-87;/h3-5,8-19,22,29-30,35-36,39-40,42,45-51,71-75,77-79,87H,6-7,20-21,23-28H2,1-2H3,(H2,61,76)(H,62,84)(H,63,80)(H,64,81)(H,65,83)(H,66,82);/q;+1/p-1. The first-order chi connectivity index (χ1) is 44.9. The number of aromatic nitrogens is 2. The second kappa shape index (κ2) is 34.8. The molecule has 32 nitrogen and oxygen atoms in total.